The number of ether oxygens (including phenoxy) is 1. The van der Waals surface area contributed by atoms with E-state index >= 15 is 0 Å². The fraction of sp³-hybridized carbons (Fsp3) is 0.350. The van der Waals surface area contributed by atoms with Gasteiger partial charge in [0, 0.05) is 6.04 Å². The van der Waals surface area contributed by atoms with Crippen LogP contribution in [0.1, 0.15) is 38.8 Å². The Morgan fingerprint density at radius 2 is 1.75 bits per heavy atom. The smallest absolute Gasteiger partial charge is 0.279 e. The van der Waals surface area contributed by atoms with Crippen molar-refractivity contribution in [1.29, 1.82) is 0 Å². The second-order valence-corrected chi connectivity index (χ2v) is 7.03. The molecular formula is C20H24N2OS. The van der Waals surface area contributed by atoms with Crippen molar-refractivity contribution in [3.63, 3.8) is 0 Å². The molecule has 1 saturated heterocycles. The Labute approximate surface area is 147 Å². The largest absolute Gasteiger partial charge is 0.431 e. The average Bonchev–Trinajstić information content (AvgIpc) is 3.24. The lowest BCUT2D eigenvalue weighted by atomic mass is 10.1. The van der Waals surface area contributed by atoms with Crippen LogP contribution in [0.5, 0.6) is 10.9 Å². The topological polar surface area (TPSA) is 25.4 Å². The van der Waals surface area contributed by atoms with E-state index in [1.807, 2.05) is 30.3 Å². The highest BCUT2D eigenvalue weighted by atomic mass is 32.1. The number of para-hydroxylation sites is 1. The van der Waals surface area contributed by atoms with Gasteiger partial charge in [-0.3, -0.25) is 4.90 Å². The summed E-state index contributed by atoms with van der Waals surface area (Å²) in [5.74, 6) is 0.849. The number of likely N-dealkylation sites (tertiary alicyclic amines) is 1. The molecule has 0 radical (unpaired) electrons. The van der Waals surface area contributed by atoms with Crippen LogP contribution in [-0.2, 0) is 0 Å². The van der Waals surface area contributed by atoms with Crippen LogP contribution >= 0.6 is 11.3 Å². The fourth-order valence-electron chi connectivity index (χ4n) is 3.15. The molecule has 126 valence electrons. The maximum Gasteiger partial charge on any atom is 0.279 e. The second-order valence-electron chi connectivity index (χ2n) is 6.04. The van der Waals surface area contributed by atoms with E-state index in [4.69, 9.17) is 4.74 Å². The maximum absolute atomic E-state index is 5.92. The Morgan fingerprint density at radius 1 is 1.04 bits per heavy atom. The predicted molar refractivity (Wildman–Crippen MR) is 102 cm³/mol. The lowest BCUT2D eigenvalue weighted by Crippen LogP contribution is -2.23. The summed E-state index contributed by atoms with van der Waals surface area (Å²) in [6, 6.07) is 17.0. The lowest BCUT2D eigenvalue weighted by Gasteiger charge is -2.24. The molecule has 2 heterocycles. The van der Waals surface area contributed by atoms with Crippen LogP contribution in [0.15, 0.2) is 48.5 Å². The number of nitrogens with zero attached hydrogens (tertiary/aromatic N) is 2. The molecule has 3 aromatic rings. The fourth-order valence-corrected chi connectivity index (χ4v) is 3.98. The summed E-state index contributed by atoms with van der Waals surface area (Å²) in [5.41, 5.74) is 2.34. The first-order valence-corrected chi connectivity index (χ1v) is 8.99. The maximum atomic E-state index is 5.92. The molecule has 24 heavy (non-hydrogen) atoms. The van der Waals surface area contributed by atoms with Crippen molar-refractivity contribution in [2.24, 2.45) is 0 Å². The van der Waals surface area contributed by atoms with Gasteiger partial charge in [0.25, 0.3) is 5.19 Å². The Bertz CT molecular complexity index is 758. The molecule has 1 atom stereocenters. The van der Waals surface area contributed by atoms with E-state index in [0.29, 0.717) is 11.2 Å². The zero-order valence-electron chi connectivity index (χ0n) is 13.2. The van der Waals surface area contributed by atoms with Crippen molar-refractivity contribution in [1.82, 2.24) is 9.88 Å². The molecule has 0 aliphatic carbocycles. The Kier molecular flexibility index (Phi) is 5.17. The van der Waals surface area contributed by atoms with Gasteiger partial charge in [-0.1, -0.05) is 43.0 Å². The van der Waals surface area contributed by atoms with Crippen molar-refractivity contribution < 1.29 is 4.74 Å². The molecule has 0 N–H and O–H groups in total. The molecule has 1 aliphatic heterocycles. The highest BCUT2D eigenvalue weighted by molar-refractivity contribution is 7.20. The van der Waals surface area contributed by atoms with Crippen molar-refractivity contribution >= 4 is 21.6 Å². The van der Waals surface area contributed by atoms with Crippen LogP contribution in [0.3, 0.4) is 0 Å². The van der Waals surface area contributed by atoms with Gasteiger partial charge in [-0.15, -0.1) is 0 Å². The first-order chi connectivity index (χ1) is 11.3. The number of hydrogen-bond acceptors (Lipinski definition) is 4. The van der Waals surface area contributed by atoms with Crippen molar-refractivity contribution in [2.45, 2.75) is 33.2 Å². The number of benzene rings is 2. The predicted octanol–water partition coefficient (Wildman–Crippen LogP) is 5.88. The van der Waals surface area contributed by atoms with Gasteiger partial charge >= 0.3 is 0 Å². The van der Waals surface area contributed by atoms with E-state index in [1.165, 1.54) is 31.5 Å². The Hall–Kier alpha value is -1.91. The Morgan fingerprint density at radius 3 is 2.46 bits per heavy atom. The van der Waals surface area contributed by atoms with Crippen LogP contribution in [0.4, 0.5) is 0 Å². The molecular weight excluding hydrogens is 316 g/mol. The number of thiazole rings is 1. The highest BCUT2D eigenvalue weighted by Crippen LogP contribution is 2.32. The van der Waals surface area contributed by atoms with Gasteiger partial charge in [-0.25, -0.2) is 4.98 Å². The van der Waals surface area contributed by atoms with Gasteiger partial charge in [-0.05, 0) is 62.7 Å². The van der Waals surface area contributed by atoms with Gasteiger partial charge in [0.1, 0.15) is 5.75 Å². The molecule has 0 bridgehead atoms. The summed E-state index contributed by atoms with van der Waals surface area (Å²) in [5, 5.41) is 0.701. The molecule has 0 amide bonds. The first kappa shape index (κ1) is 16.9. The average molecular weight is 340 g/mol. The summed E-state index contributed by atoms with van der Waals surface area (Å²) in [7, 11) is 0. The third-order valence-corrected chi connectivity index (χ3v) is 5.44. The van der Waals surface area contributed by atoms with Crippen LogP contribution in [0.2, 0.25) is 0 Å². The third kappa shape index (κ3) is 3.45. The second kappa shape index (κ2) is 7.32. The van der Waals surface area contributed by atoms with E-state index in [-0.39, 0.29) is 7.43 Å². The third-order valence-electron chi connectivity index (χ3n) is 4.53. The minimum absolute atomic E-state index is 0. The molecule has 0 saturated carbocycles. The first-order valence-electron chi connectivity index (χ1n) is 8.17. The van der Waals surface area contributed by atoms with Gasteiger partial charge in [0.05, 0.1) is 10.2 Å². The van der Waals surface area contributed by atoms with Gasteiger partial charge < -0.3 is 4.74 Å². The van der Waals surface area contributed by atoms with E-state index in [1.54, 1.807) is 11.3 Å². The van der Waals surface area contributed by atoms with Crippen molar-refractivity contribution in [2.75, 3.05) is 13.1 Å². The van der Waals surface area contributed by atoms with E-state index in [9.17, 15) is 0 Å². The van der Waals surface area contributed by atoms with Crippen LogP contribution < -0.4 is 4.74 Å². The number of hydrogen-bond donors (Lipinski definition) is 0. The minimum atomic E-state index is 0. The lowest BCUT2D eigenvalue weighted by molar-refractivity contribution is 0.263. The quantitative estimate of drug-likeness (QED) is 0.593. The zero-order chi connectivity index (χ0) is 15.6. The summed E-state index contributed by atoms with van der Waals surface area (Å²) < 4.78 is 7.07. The summed E-state index contributed by atoms with van der Waals surface area (Å²) in [6.07, 6.45) is 2.65. The summed E-state index contributed by atoms with van der Waals surface area (Å²) >= 11 is 1.58. The normalized spacial score (nSPS) is 16.0. The minimum Gasteiger partial charge on any atom is -0.431 e. The van der Waals surface area contributed by atoms with E-state index in [2.05, 4.69) is 35.0 Å². The standard InChI is InChI=1S/C19H20N2OS.CH4/c1-14(21-12-4-5-13-21)15-8-10-16(11-9-15)22-19-20-17-6-2-3-7-18(17)23-19;/h2-3,6-11,14H,4-5,12-13H2,1H3;1H4. The monoisotopic (exact) mass is 340 g/mol. The van der Waals surface area contributed by atoms with Gasteiger partial charge in [-0.2, -0.15) is 0 Å². The molecule has 1 fully saturated rings. The van der Waals surface area contributed by atoms with Gasteiger partial charge in [0.2, 0.25) is 0 Å². The van der Waals surface area contributed by atoms with Crippen LogP contribution in [0, 0.1) is 0 Å². The van der Waals surface area contributed by atoms with E-state index < -0.39 is 0 Å². The summed E-state index contributed by atoms with van der Waals surface area (Å²) in [6.45, 7) is 4.71. The molecule has 4 heteroatoms. The highest BCUT2D eigenvalue weighted by Gasteiger charge is 2.19. The molecule has 4 rings (SSSR count). The SMILES string of the molecule is C.CC(c1ccc(Oc2nc3ccccc3s2)cc1)N1CCCC1. The van der Waals surface area contributed by atoms with Crippen LogP contribution in [0.25, 0.3) is 10.2 Å². The Balaban J connectivity index is 0.00000169. The molecule has 1 aliphatic rings. The number of rotatable bonds is 4. The molecule has 1 aromatic heterocycles. The molecule has 1 unspecified atom stereocenters. The number of aromatic nitrogens is 1. The van der Waals surface area contributed by atoms with E-state index in [0.717, 1.165) is 16.0 Å². The number of fused-ring (bicyclic) bond motifs is 1. The summed E-state index contributed by atoms with van der Waals surface area (Å²) in [4.78, 5) is 7.06. The molecule has 3 nitrogen and oxygen atoms in total. The van der Waals surface area contributed by atoms with Crippen molar-refractivity contribution in [3.8, 4) is 10.9 Å². The molecule has 0 spiro atoms. The van der Waals surface area contributed by atoms with Gasteiger partial charge in [0.15, 0.2) is 0 Å². The van der Waals surface area contributed by atoms with Crippen molar-refractivity contribution in [3.05, 3.63) is 54.1 Å². The van der Waals surface area contributed by atoms with Crippen LogP contribution in [-0.4, -0.2) is 23.0 Å². The molecule has 2 aromatic carbocycles. The zero-order valence-corrected chi connectivity index (χ0v) is 14.1.